The summed E-state index contributed by atoms with van der Waals surface area (Å²) in [6.07, 6.45) is 3.78. The van der Waals surface area contributed by atoms with Gasteiger partial charge in [-0.05, 0) is 60.1 Å². The van der Waals surface area contributed by atoms with Gasteiger partial charge in [0.2, 0.25) is 0 Å². The van der Waals surface area contributed by atoms with Crippen molar-refractivity contribution in [3.63, 3.8) is 0 Å². The molecular weight excluding hydrogens is 371 g/mol. The number of hydrogen-bond donors (Lipinski definition) is 1. The number of aromatic hydroxyl groups is 1. The van der Waals surface area contributed by atoms with Gasteiger partial charge in [-0.1, -0.05) is 5.16 Å². The van der Waals surface area contributed by atoms with Crippen molar-refractivity contribution >= 4 is 22.6 Å². The molecular formula is C14H13IN2O3. The van der Waals surface area contributed by atoms with Crippen LogP contribution in [-0.4, -0.2) is 27.5 Å². The third-order valence-corrected chi connectivity index (χ3v) is 4.74. The maximum Gasteiger partial charge on any atom is 0.261 e. The molecule has 1 aromatic heterocycles. The van der Waals surface area contributed by atoms with Gasteiger partial charge in [-0.3, -0.25) is 0 Å². The molecule has 2 aromatic rings. The summed E-state index contributed by atoms with van der Waals surface area (Å²) in [5.74, 6) is 1.46. The van der Waals surface area contributed by atoms with E-state index in [1.807, 2.05) is 12.1 Å². The molecule has 6 heteroatoms. The molecule has 4 rings (SSSR count). The Balaban J connectivity index is 1.66. The van der Waals surface area contributed by atoms with Crippen LogP contribution < -0.4 is 0 Å². The highest BCUT2D eigenvalue weighted by Gasteiger charge is 2.43. The highest BCUT2D eigenvalue weighted by Crippen LogP contribution is 2.44. The molecule has 5 nitrogen and oxygen atoms in total. The SMILES string of the molecule is Oc1ccc(I)cc1-c1nc(C2CC3CCC2O3)no1. The monoisotopic (exact) mass is 384 g/mol. The molecule has 3 heterocycles. The molecule has 2 bridgehead atoms. The Bertz CT molecular complexity index is 658. The summed E-state index contributed by atoms with van der Waals surface area (Å²) in [5, 5.41) is 14.0. The van der Waals surface area contributed by atoms with Crippen LogP contribution in [0.1, 0.15) is 31.0 Å². The molecule has 1 N–H and O–H groups in total. The second-order valence-corrected chi connectivity index (χ2v) is 6.58. The number of ether oxygens (including phenoxy) is 1. The third kappa shape index (κ3) is 2.01. The first-order valence-corrected chi connectivity index (χ1v) is 7.76. The van der Waals surface area contributed by atoms with Crippen LogP contribution in [0.15, 0.2) is 22.7 Å². The number of phenolic OH excluding ortho intramolecular Hbond substituents is 1. The largest absolute Gasteiger partial charge is 0.507 e. The number of benzene rings is 1. The second-order valence-electron chi connectivity index (χ2n) is 5.34. The van der Waals surface area contributed by atoms with Crippen LogP contribution >= 0.6 is 22.6 Å². The molecule has 2 aliphatic rings. The lowest BCUT2D eigenvalue weighted by atomic mass is 9.89. The average molecular weight is 384 g/mol. The van der Waals surface area contributed by atoms with Crippen LogP contribution in [0.5, 0.6) is 5.75 Å². The number of rotatable bonds is 2. The van der Waals surface area contributed by atoms with Crippen molar-refractivity contribution in [3.8, 4) is 17.2 Å². The fraction of sp³-hybridized carbons (Fsp3) is 0.429. The summed E-state index contributed by atoms with van der Waals surface area (Å²) in [4.78, 5) is 4.46. The van der Waals surface area contributed by atoms with Gasteiger partial charge in [0, 0.05) is 3.57 Å². The van der Waals surface area contributed by atoms with E-state index in [4.69, 9.17) is 9.26 Å². The standard InChI is InChI=1S/C14H13IN2O3/c15-7-1-3-11(18)9(5-7)14-16-13(17-20-14)10-6-8-2-4-12(10)19-8/h1,3,5,8,10,12,18H,2,4,6H2. The zero-order valence-electron chi connectivity index (χ0n) is 10.6. The van der Waals surface area contributed by atoms with Crippen molar-refractivity contribution in [2.24, 2.45) is 0 Å². The summed E-state index contributed by atoms with van der Waals surface area (Å²) in [5.41, 5.74) is 0.583. The minimum absolute atomic E-state index is 0.157. The minimum atomic E-state index is 0.157. The summed E-state index contributed by atoms with van der Waals surface area (Å²) in [7, 11) is 0. The third-order valence-electron chi connectivity index (χ3n) is 4.07. The van der Waals surface area contributed by atoms with E-state index in [0.29, 0.717) is 23.4 Å². The predicted molar refractivity (Wildman–Crippen MR) is 79.4 cm³/mol. The number of aromatic nitrogens is 2. The lowest BCUT2D eigenvalue weighted by molar-refractivity contribution is 0.0996. The summed E-state index contributed by atoms with van der Waals surface area (Å²) >= 11 is 2.19. The van der Waals surface area contributed by atoms with Crippen LogP contribution in [0.4, 0.5) is 0 Å². The van der Waals surface area contributed by atoms with Gasteiger partial charge < -0.3 is 14.4 Å². The Morgan fingerprint density at radius 1 is 1.30 bits per heavy atom. The summed E-state index contributed by atoms with van der Waals surface area (Å²) < 4.78 is 12.2. The summed E-state index contributed by atoms with van der Waals surface area (Å²) in [6.45, 7) is 0. The summed E-state index contributed by atoms with van der Waals surface area (Å²) in [6, 6.07) is 5.31. The molecule has 2 fully saturated rings. The molecule has 20 heavy (non-hydrogen) atoms. The highest BCUT2D eigenvalue weighted by molar-refractivity contribution is 14.1. The molecule has 0 radical (unpaired) electrons. The van der Waals surface area contributed by atoms with E-state index in [1.54, 1.807) is 6.07 Å². The van der Waals surface area contributed by atoms with Crippen LogP contribution in [0.2, 0.25) is 0 Å². The molecule has 2 saturated heterocycles. The van der Waals surface area contributed by atoms with Crippen LogP contribution in [-0.2, 0) is 4.74 Å². The van der Waals surface area contributed by atoms with Gasteiger partial charge in [0.15, 0.2) is 5.82 Å². The van der Waals surface area contributed by atoms with E-state index in [0.717, 1.165) is 22.8 Å². The minimum Gasteiger partial charge on any atom is -0.507 e. The fourth-order valence-corrected chi connectivity index (χ4v) is 3.58. The Hall–Kier alpha value is -1.15. The Kier molecular flexibility index (Phi) is 2.95. The number of halogens is 1. The number of phenols is 1. The van der Waals surface area contributed by atoms with Crippen molar-refractivity contribution < 1.29 is 14.4 Å². The second kappa shape index (κ2) is 4.70. The van der Waals surface area contributed by atoms with E-state index in [9.17, 15) is 5.11 Å². The van der Waals surface area contributed by atoms with Crippen molar-refractivity contribution in [2.75, 3.05) is 0 Å². The number of fused-ring (bicyclic) bond motifs is 2. The predicted octanol–water partition coefficient (Wildman–Crippen LogP) is 3.08. The molecule has 0 aliphatic carbocycles. The van der Waals surface area contributed by atoms with Crippen molar-refractivity contribution in [1.82, 2.24) is 10.1 Å². The van der Waals surface area contributed by atoms with E-state index < -0.39 is 0 Å². The Labute approximate surface area is 129 Å². The lowest BCUT2D eigenvalue weighted by Gasteiger charge is -2.13. The molecule has 3 atom stereocenters. The quantitative estimate of drug-likeness (QED) is 0.807. The Morgan fingerprint density at radius 3 is 2.95 bits per heavy atom. The molecule has 0 spiro atoms. The molecule has 0 amide bonds. The first-order chi connectivity index (χ1) is 9.70. The molecule has 1 aromatic carbocycles. The number of nitrogens with zero attached hydrogens (tertiary/aromatic N) is 2. The number of hydrogen-bond acceptors (Lipinski definition) is 5. The van der Waals surface area contributed by atoms with Gasteiger partial charge in [0.25, 0.3) is 5.89 Å². The van der Waals surface area contributed by atoms with E-state index in [1.165, 1.54) is 0 Å². The average Bonchev–Trinajstić information content (AvgIpc) is 3.15. The van der Waals surface area contributed by atoms with Gasteiger partial charge in [0.1, 0.15) is 5.75 Å². The normalized spacial score (nSPS) is 28.1. The van der Waals surface area contributed by atoms with Crippen molar-refractivity contribution in [3.05, 3.63) is 27.6 Å². The Morgan fingerprint density at radius 2 is 2.20 bits per heavy atom. The van der Waals surface area contributed by atoms with Crippen LogP contribution in [0.25, 0.3) is 11.5 Å². The molecule has 104 valence electrons. The van der Waals surface area contributed by atoms with Crippen molar-refractivity contribution in [2.45, 2.75) is 37.4 Å². The first kappa shape index (κ1) is 12.6. The zero-order chi connectivity index (χ0) is 13.7. The van der Waals surface area contributed by atoms with Gasteiger partial charge in [0.05, 0.1) is 23.7 Å². The van der Waals surface area contributed by atoms with Crippen LogP contribution in [0, 0.1) is 3.57 Å². The van der Waals surface area contributed by atoms with Gasteiger partial charge >= 0.3 is 0 Å². The van der Waals surface area contributed by atoms with E-state index in [-0.39, 0.29) is 17.8 Å². The van der Waals surface area contributed by atoms with E-state index in [2.05, 4.69) is 32.7 Å². The van der Waals surface area contributed by atoms with Gasteiger partial charge in [-0.25, -0.2) is 0 Å². The fourth-order valence-electron chi connectivity index (χ4n) is 3.08. The highest BCUT2D eigenvalue weighted by atomic mass is 127. The zero-order valence-corrected chi connectivity index (χ0v) is 12.8. The smallest absolute Gasteiger partial charge is 0.261 e. The molecule has 2 aliphatic heterocycles. The first-order valence-electron chi connectivity index (χ1n) is 6.68. The molecule has 3 unspecified atom stereocenters. The maximum atomic E-state index is 9.91. The van der Waals surface area contributed by atoms with Crippen LogP contribution in [0.3, 0.4) is 0 Å². The van der Waals surface area contributed by atoms with Crippen molar-refractivity contribution in [1.29, 1.82) is 0 Å². The van der Waals surface area contributed by atoms with Gasteiger partial charge in [-0.15, -0.1) is 0 Å². The van der Waals surface area contributed by atoms with E-state index >= 15 is 0 Å². The lowest BCUT2D eigenvalue weighted by Crippen LogP contribution is -2.15. The topological polar surface area (TPSA) is 68.4 Å². The maximum absolute atomic E-state index is 9.91. The van der Waals surface area contributed by atoms with Gasteiger partial charge in [-0.2, -0.15) is 4.98 Å². The molecule has 0 saturated carbocycles.